The quantitative estimate of drug-likeness (QED) is 0.436. The van der Waals surface area contributed by atoms with E-state index in [9.17, 15) is 4.39 Å². The molecule has 2 heterocycles. The molecule has 0 spiro atoms. The second-order valence-corrected chi connectivity index (χ2v) is 4.31. The first-order valence-electron chi connectivity index (χ1n) is 5.58. The Hall–Kier alpha value is -2.45. The number of benzene rings is 1. The van der Waals surface area contributed by atoms with Gasteiger partial charge in [-0.15, -0.1) is 0 Å². The van der Waals surface area contributed by atoms with Crippen LogP contribution in [0.1, 0.15) is 0 Å². The molecule has 0 aliphatic rings. The fourth-order valence-corrected chi connectivity index (χ4v) is 1.90. The number of aromatic amines is 1. The van der Waals surface area contributed by atoms with Crippen molar-refractivity contribution in [1.29, 1.82) is 0 Å². The highest BCUT2D eigenvalue weighted by atomic mass is 35.5. The predicted molar refractivity (Wildman–Crippen MR) is 74.2 cm³/mol. The number of nitrogen functional groups attached to an aromatic ring is 1. The van der Waals surface area contributed by atoms with Gasteiger partial charge >= 0.3 is 0 Å². The van der Waals surface area contributed by atoms with E-state index in [4.69, 9.17) is 17.4 Å². The lowest BCUT2D eigenvalue weighted by Gasteiger charge is -2.09. The Bertz CT molecular complexity index is 773. The molecule has 1 aromatic carbocycles. The van der Waals surface area contributed by atoms with Crippen molar-refractivity contribution in [1.82, 2.24) is 20.2 Å². The van der Waals surface area contributed by atoms with Crippen molar-refractivity contribution in [2.45, 2.75) is 0 Å². The Balaban J connectivity index is 2.10. The smallest absolute Gasteiger partial charge is 0.241 e. The third kappa shape index (κ3) is 2.10. The SMILES string of the molecule is NNc1nc(Nc2cccc(Cl)c2F)c2cn[nH]c2n1. The summed E-state index contributed by atoms with van der Waals surface area (Å²) in [6.45, 7) is 0. The maximum atomic E-state index is 13.9. The number of hydrogen-bond donors (Lipinski definition) is 4. The zero-order valence-corrected chi connectivity index (χ0v) is 10.7. The van der Waals surface area contributed by atoms with Gasteiger partial charge in [-0.05, 0) is 12.1 Å². The summed E-state index contributed by atoms with van der Waals surface area (Å²) in [7, 11) is 0. The molecule has 102 valence electrons. The van der Waals surface area contributed by atoms with Gasteiger partial charge in [-0.2, -0.15) is 15.1 Å². The zero-order chi connectivity index (χ0) is 14.1. The second kappa shape index (κ2) is 4.91. The minimum absolute atomic E-state index is 0.0182. The van der Waals surface area contributed by atoms with Gasteiger partial charge in [0.1, 0.15) is 5.82 Å². The van der Waals surface area contributed by atoms with Crippen LogP contribution in [0.4, 0.5) is 21.8 Å². The van der Waals surface area contributed by atoms with E-state index in [-0.39, 0.29) is 16.7 Å². The van der Waals surface area contributed by atoms with E-state index in [2.05, 4.69) is 30.9 Å². The highest BCUT2D eigenvalue weighted by Crippen LogP contribution is 2.28. The molecule has 7 nitrogen and oxygen atoms in total. The Kier molecular flexibility index (Phi) is 3.09. The van der Waals surface area contributed by atoms with Crippen LogP contribution in [0.3, 0.4) is 0 Å². The number of fused-ring (bicyclic) bond motifs is 1. The van der Waals surface area contributed by atoms with Crippen molar-refractivity contribution in [2.24, 2.45) is 5.84 Å². The first-order valence-corrected chi connectivity index (χ1v) is 5.95. The molecule has 0 aliphatic heterocycles. The van der Waals surface area contributed by atoms with Crippen LogP contribution in [-0.4, -0.2) is 20.2 Å². The molecule has 0 bridgehead atoms. The van der Waals surface area contributed by atoms with Crippen LogP contribution in [0.2, 0.25) is 5.02 Å². The molecule has 5 N–H and O–H groups in total. The summed E-state index contributed by atoms with van der Waals surface area (Å²) in [5.74, 6) is 5.26. The van der Waals surface area contributed by atoms with Gasteiger partial charge in [0, 0.05) is 0 Å². The van der Waals surface area contributed by atoms with E-state index in [1.807, 2.05) is 0 Å². The number of hydrogen-bond acceptors (Lipinski definition) is 6. The van der Waals surface area contributed by atoms with E-state index in [0.29, 0.717) is 16.9 Å². The maximum absolute atomic E-state index is 13.9. The van der Waals surface area contributed by atoms with Crippen molar-refractivity contribution in [3.05, 3.63) is 35.2 Å². The fraction of sp³-hybridized carbons (Fsp3) is 0. The highest BCUT2D eigenvalue weighted by molar-refractivity contribution is 6.31. The molecule has 0 atom stereocenters. The molecule has 3 aromatic rings. The van der Waals surface area contributed by atoms with Crippen LogP contribution < -0.4 is 16.6 Å². The minimum atomic E-state index is -0.563. The lowest BCUT2D eigenvalue weighted by atomic mass is 10.3. The maximum Gasteiger partial charge on any atom is 0.241 e. The van der Waals surface area contributed by atoms with Gasteiger partial charge in [-0.25, -0.2) is 10.2 Å². The van der Waals surface area contributed by atoms with Crippen LogP contribution >= 0.6 is 11.6 Å². The molecule has 0 radical (unpaired) electrons. The summed E-state index contributed by atoms with van der Waals surface area (Å²) in [5.41, 5.74) is 3.00. The second-order valence-electron chi connectivity index (χ2n) is 3.90. The molecule has 0 amide bonds. The Labute approximate surface area is 117 Å². The number of nitrogens with two attached hydrogens (primary N) is 1. The van der Waals surface area contributed by atoms with Crippen molar-refractivity contribution >= 4 is 40.1 Å². The zero-order valence-electron chi connectivity index (χ0n) is 9.98. The molecule has 0 aliphatic carbocycles. The molecule has 0 fully saturated rings. The van der Waals surface area contributed by atoms with Crippen molar-refractivity contribution in [3.63, 3.8) is 0 Å². The highest BCUT2D eigenvalue weighted by Gasteiger charge is 2.12. The number of nitrogens with one attached hydrogen (secondary N) is 3. The number of anilines is 3. The summed E-state index contributed by atoms with van der Waals surface area (Å²) in [6.07, 6.45) is 1.53. The van der Waals surface area contributed by atoms with Crippen molar-refractivity contribution < 1.29 is 4.39 Å². The first kappa shape index (κ1) is 12.6. The number of rotatable bonds is 3. The monoisotopic (exact) mass is 293 g/mol. The third-order valence-corrected chi connectivity index (χ3v) is 2.94. The van der Waals surface area contributed by atoms with Crippen LogP contribution in [-0.2, 0) is 0 Å². The Morgan fingerprint density at radius 2 is 2.15 bits per heavy atom. The van der Waals surface area contributed by atoms with Gasteiger partial charge in [0.2, 0.25) is 5.95 Å². The standard InChI is InChI=1S/C11H9ClFN7/c12-6-2-1-3-7(8(6)13)16-9-5-4-15-20-10(5)18-11(17-9)19-14/h1-4H,14H2,(H3,15,16,17,18,19,20). The number of aromatic nitrogens is 4. The molecule has 0 unspecified atom stereocenters. The van der Waals surface area contributed by atoms with E-state index in [0.717, 1.165) is 0 Å². The molecule has 0 saturated carbocycles. The van der Waals surface area contributed by atoms with Gasteiger partial charge < -0.3 is 5.32 Å². The normalized spacial score (nSPS) is 10.8. The van der Waals surface area contributed by atoms with Crippen molar-refractivity contribution in [2.75, 3.05) is 10.7 Å². The van der Waals surface area contributed by atoms with Crippen LogP contribution in [0.15, 0.2) is 24.4 Å². The summed E-state index contributed by atoms with van der Waals surface area (Å²) in [5, 5.41) is 10.0. The lowest BCUT2D eigenvalue weighted by Crippen LogP contribution is -2.11. The van der Waals surface area contributed by atoms with E-state index >= 15 is 0 Å². The number of halogens is 2. The number of H-pyrrole nitrogens is 1. The average molecular weight is 294 g/mol. The fourth-order valence-electron chi connectivity index (χ4n) is 1.72. The topological polar surface area (TPSA) is 105 Å². The number of nitrogens with zero attached hydrogens (tertiary/aromatic N) is 3. The van der Waals surface area contributed by atoms with Gasteiger partial charge in [0.25, 0.3) is 0 Å². The van der Waals surface area contributed by atoms with E-state index in [1.54, 1.807) is 12.1 Å². The molecule has 20 heavy (non-hydrogen) atoms. The Morgan fingerprint density at radius 3 is 2.95 bits per heavy atom. The largest absolute Gasteiger partial charge is 0.337 e. The first-order chi connectivity index (χ1) is 9.69. The van der Waals surface area contributed by atoms with Crippen LogP contribution in [0.5, 0.6) is 0 Å². The lowest BCUT2D eigenvalue weighted by molar-refractivity contribution is 0.632. The van der Waals surface area contributed by atoms with Gasteiger partial charge in [-0.1, -0.05) is 17.7 Å². The number of hydrazine groups is 1. The summed E-state index contributed by atoms with van der Waals surface area (Å²) in [6, 6.07) is 4.64. The van der Waals surface area contributed by atoms with Gasteiger partial charge in [-0.3, -0.25) is 10.5 Å². The summed E-state index contributed by atoms with van der Waals surface area (Å²) >= 11 is 5.74. The van der Waals surface area contributed by atoms with Crippen LogP contribution in [0, 0.1) is 5.82 Å². The minimum Gasteiger partial charge on any atom is -0.337 e. The van der Waals surface area contributed by atoms with Gasteiger partial charge in [0.05, 0.1) is 22.3 Å². The molecular formula is C11H9ClFN7. The average Bonchev–Trinajstić information content (AvgIpc) is 2.92. The van der Waals surface area contributed by atoms with Crippen molar-refractivity contribution in [3.8, 4) is 0 Å². The Morgan fingerprint density at radius 1 is 1.30 bits per heavy atom. The summed E-state index contributed by atoms with van der Waals surface area (Å²) in [4.78, 5) is 8.20. The van der Waals surface area contributed by atoms with Crippen LogP contribution in [0.25, 0.3) is 11.0 Å². The van der Waals surface area contributed by atoms with E-state index in [1.165, 1.54) is 12.3 Å². The van der Waals surface area contributed by atoms with E-state index < -0.39 is 5.82 Å². The third-order valence-electron chi connectivity index (χ3n) is 2.64. The molecule has 9 heteroatoms. The molecule has 3 rings (SSSR count). The predicted octanol–water partition coefficient (Wildman–Crippen LogP) is 2.17. The van der Waals surface area contributed by atoms with Gasteiger partial charge in [0.15, 0.2) is 11.5 Å². The molecule has 2 aromatic heterocycles. The molecular weight excluding hydrogens is 285 g/mol. The summed E-state index contributed by atoms with van der Waals surface area (Å²) < 4.78 is 13.9. The molecule has 0 saturated heterocycles.